The minimum atomic E-state index is -0.780. The van der Waals surface area contributed by atoms with Crippen LogP contribution < -0.4 is 9.84 Å². The normalized spacial score (nSPS) is 11.3. The van der Waals surface area contributed by atoms with Crippen molar-refractivity contribution in [1.29, 1.82) is 0 Å². The van der Waals surface area contributed by atoms with Crippen molar-refractivity contribution in [2.24, 2.45) is 5.10 Å². The Bertz CT molecular complexity index is 824. The van der Waals surface area contributed by atoms with Crippen molar-refractivity contribution in [3.05, 3.63) is 38.4 Å². The molecule has 1 heterocycles. The Balaban J connectivity index is 2.48. The minimum Gasteiger partial charge on any atom is -0.865 e. The Hall–Kier alpha value is -2.75. The highest BCUT2D eigenvalue weighted by Gasteiger charge is 2.13. The molecule has 1 N–H and O–H groups in total. The van der Waals surface area contributed by atoms with Gasteiger partial charge in [0.1, 0.15) is 5.75 Å². The molecule has 10 heteroatoms. The predicted molar refractivity (Wildman–Crippen MR) is 83.6 cm³/mol. The summed E-state index contributed by atoms with van der Waals surface area (Å²) < 4.78 is 6.59. The first-order valence-corrected chi connectivity index (χ1v) is 7.01. The van der Waals surface area contributed by atoms with E-state index >= 15 is 0 Å². The van der Waals surface area contributed by atoms with Gasteiger partial charge >= 0.3 is 0 Å². The first kappa shape index (κ1) is 16.6. The van der Waals surface area contributed by atoms with Crippen molar-refractivity contribution < 1.29 is 14.8 Å². The molecule has 23 heavy (non-hydrogen) atoms. The molecule has 2 rings (SSSR count). The fourth-order valence-corrected chi connectivity index (χ4v) is 2.07. The zero-order chi connectivity index (χ0) is 17.1. The number of aromatic nitrogens is 3. The number of hydrogen-bond donors (Lipinski definition) is 1. The molecule has 9 nitrogen and oxygen atoms in total. The van der Waals surface area contributed by atoms with E-state index in [-0.39, 0.29) is 11.7 Å². The van der Waals surface area contributed by atoms with Crippen molar-refractivity contribution in [2.45, 2.75) is 19.8 Å². The fraction of sp³-hybridized carbons (Fsp3) is 0.308. The van der Waals surface area contributed by atoms with E-state index in [1.54, 1.807) is 0 Å². The third-order valence-electron chi connectivity index (χ3n) is 2.99. The number of nitro groups is 1. The van der Waals surface area contributed by atoms with Crippen molar-refractivity contribution in [2.75, 3.05) is 7.11 Å². The fourth-order valence-electron chi connectivity index (χ4n) is 1.88. The maximum Gasteiger partial charge on any atom is 0.266 e. The van der Waals surface area contributed by atoms with Gasteiger partial charge in [-0.25, -0.2) is 0 Å². The third-order valence-corrected chi connectivity index (χ3v) is 3.25. The summed E-state index contributed by atoms with van der Waals surface area (Å²) in [6.07, 6.45) is 1.35. The van der Waals surface area contributed by atoms with Crippen molar-refractivity contribution in [1.82, 2.24) is 14.9 Å². The van der Waals surface area contributed by atoms with E-state index in [0.717, 1.165) is 6.07 Å². The molecule has 0 aliphatic heterocycles. The van der Waals surface area contributed by atoms with Crippen molar-refractivity contribution in [3.63, 3.8) is 0 Å². The number of nitrogens with zero attached hydrogens (tertiary/aromatic N) is 4. The number of H-pyrrole nitrogens is 1. The SMILES string of the molecule is COc1cc(/C=N\n2c(C(C)C)n[nH]c2=S)cc([N+](=O)[O-])c1[O-]. The second-order valence-electron chi connectivity index (χ2n) is 4.93. The average Bonchev–Trinajstić information content (AvgIpc) is 2.87. The highest BCUT2D eigenvalue weighted by atomic mass is 32.1. The summed E-state index contributed by atoms with van der Waals surface area (Å²) in [7, 11) is 1.27. The van der Waals surface area contributed by atoms with Crippen LogP contribution in [-0.4, -0.2) is 33.1 Å². The largest absolute Gasteiger partial charge is 0.865 e. The Morgan fingerprint density at radius 3 is 2.78 bits per heavy atom. The Labute approximate surface area is 136 Å². The number of aromatic amines is 1. The number of ether oxygens (including phenoxy) is 1. The minimum absolute atomic E-state index is 0.0768. The van der Waals surface area contributed by atoms with E-state index in [2.05, 4.69) is 15.3 Å². The molecular formula is C13H14N5O4S-. The lowest BCUT2D eigenvalue weighted by Crippen LogP contribution is -2.03. The number of benzene rings is 1. The lowest BCUT2D eigenvalue weighted by atomic mass is 10.2. The van der Waals surface area contributed by atoms with Gasteiger partial charge in [0.2, 0.25) is 4.77 Å². The molecule has 0 saturated heterocycles. The molecular weight excluding hydrogens is 322 g/mol. The Morgan fingerprint density at radius 1 is 1.52 bits per heavy atom. The Morgan fingerprint density at radius 2 is 2.22 bits per heavy atom. The number of rotatable bonds is 5. The summed E-state index contributed by atoms with van der Waals surface area (Å²) in [6.45, 7) is 3.86. The van der Waals surface area contributed by atoms with Gasteiger partial charge in [0.25, 0.3) is 5.69 Å². The van der Waals surface area contributed by atoms with Gasteiger partial charge in [0, 0.05) is 23.3 Å². The maximum atomic E-state index is 11.8. The lowest BCUT2D eigenvalue weighted by Gasteiger charge is -2.13. The van der Waals surface area contributed by atoms with Gasteiger partial charge in [-0.2, -0.15) is 14.9 Å². The van der Waals surface area contributed by atoms with Gasteiger partial charge < -0.3 is 9.84 Å². The monoisotopic (exact) mass is 336 g/mol. The smallest absolute Gasteiger partial charge is 0.266 e. The molecule has 0 amide bonds. The van der Waals surface area contributed by atoms with Crippen molar-refractivity contribution >= 4 is 24.1 Å². The van der Waals surface area contributed by atoms with Crippen LogP contribution in [0.3, 0.4) is 0 Å². The summed E-state index contributed by atoms with van der Waals surface area (Å²) in [6, 6.07) is 2.50. The topological polar surface area (TPSA) is 121 Å². The molecule has 0 atom stereocenters. The number of nitrogens with one attached hydrogen (secondary N) is 1. The van der Waals surface area contributed by atoms with Crippen LogP contribution in [0.15, 0.2) is 17.2 Å². The zero-order valence-corrected chi connectivity index (χ0v) is 13.5. The molecule has 1 aromatic carbocycles. The molecule has 0 saturated carbocycles. The molecule has 0 radical (unpaired) electrons. The summed E-state index contributed by atoms with van der Waals surface area (Å²) in [5.74, 6) is -0.209. The molecule has 0 aliphatic rings. The van der Waals surface area contributed by atoms with E-state index < -0.39 is 16.4 Å². The van der Waals surface area contributed by atoms with E-state index in [4.69, 9.17) is 17.0 Å². The van der Waals surface area contributed by atoms with Crippen LogP contribution in [0.2, 0.25) is 0 Å². The summed E-state index contributed by atoms with van der Waals surface area (Å²) in [5, 5.41) is 33.6. The molecule has 1 aromatic heterocycles. The van der Waals surface area contributed by atoms with E-state index in [0.29, 0.717) is 16.2 Å². The maximum absolute atomic E-state index is 11.8. The van der Waals surface area contributed by atoms with Crippen molar-refractivity contribution in [3.8, 4) is 11.5 Å². The molecule has 2 aromatic rings. The van der Waals surface area contributed by atoms with Gasteiger partial charge in [0.05, 0.1) is 18.2 Å². The Kier molecular flexibility index (Phi) is 4.74. The lowest BCUT2D eigenvalue weighted by molar-refractivity contribution is -0.398. The molecule has 0 bridgehead atoms. The molecule has 0 aliphatic carbocycles. The number of methoxy groups -OCH3 is 1. The average molecular weight is 336 g/mol. The van der Waals surface area contributed by atoms with Crippen LogP contribution in [0.1, 0.15) is 31.2 Å². The first-order valence-electron chi connectivity index (χ1n) is 6.60. The number of hydrogen-bond acceptors (Lipinski definition) is 7. The highest BCUT2D eigenvalue weighted by Crippen LogP contribution is 2.33. The van der Waals surface area contributed by atoms with E-state index in [1.165, 1.54) is 24.1 Å². The van der Waals surface area contributed by atoms with Crippen LogP contribution in [0.5, 0.6) is 11.5 Å². The zero-order valence-electron chi connectivity index (χ0n) is 12.6. The molecule has 122 valence electrons. The summed E-state index contributed by atoms with van der Waals surface area (Å²) >= 11 is 5.09. The molecule has 0 unspecified atom stereocenters. The van der Waals surface area contributed by atoms with Gasteiger partial charge in [-0.1, -0.05) is 13.8 Å². The standard InChI is InChI=1S/C13H15N5O4S/c1-7(2)12-15-16-13(23)17(12)14-6-8-4-9(18(20)21)11(19)10(5-8)22-3/h4-7,19H,1-3H3,(H,16,23)/p-1/b14-6-. The van der Waals surface area contributed by atoms with E-state index in [9.17, 15) is 15.2 Å². The second-order valence-corrected chi connectivity index (χ2v) is 5.31. The van der Waals surface area contributed by atoms with Gasteiger partial charge in [-0.05, 0) is 18.3 Å². The van der Waals surface area contributed by atoms with Crippen LogP contribution in [0.25, 0.3) is 0 Å². The number of nitro benzene ring substituents is 1. The van der Waals surface area contributed by atoms with E-state index in [1.807, 2.05) is 13.8 Å². The summed E-state index contributed by atoms with van der Waals surface area (Å²) in [4.78, 5) is 10.2. The quantitative estimate of drug-likeness (QED) is 0.385. The summed E-state index contributed by atoms with van der Waals surface area (Å²) in [5.41, 5.74) is -0.239. The van der Waals surface area contributed by atoms with Crippen LogP contribution >= 0.6 is 12.2 Å². The van der Waals surface area contributed by atoms with Crippen LogP contribution in [0, 0.1) is 14.9 Å². The molecule has 0 spiro atoms. The van der Waals surface area contributed by atoms with Gasteiger partial charge in [0.15, 0.2) is 5.82 Å². The van der Waals surface area contributed by atoms with Gasteiger partial charge in [-0.15, -0.1) is 0 Å². The van der Waals surface area contributed by atoms with Crippen LogP contribution in [0.4, 0.5) is 5.69 Å². The van der Waals surface area contributed by atoms with Crippen LogP contribution in [-0.2, 0) is 0 Å². The second kappa shape index (κ2) is 6.57. The molecule has 0 fully saturated rings. The first-order chi connectivity index (χ1) is 10.8. The predicted octanol–water partition coefficient (Wildman–Crippen LogP) is 1.94. The third kappa shape index (κ3) is 3.37. The van der Waals surface area contributed by atoms with Gasteiger partial charge in [-0.3, -0.25) is 15.2 Å². The highest BCUT2D eigenvalue weighted by molar-refractivity contribution is 7.71.